The van der Waals surface area contributed by atoms with E-state index in [9.17, 15) is 9.18 Å². The van der Waals surface area contributed by atoms with Crippen LogP contribution >= 0.6 is 0 Å². The summed E-state index contributed by atoms with van der Waals surface area (Å²) in [5, 5.41) is 2.67. The first kappa shape index (κ1) is 12.4. The first-order valence-electron chi connectivity index (χ1n) is 5.31. The number of pyridine rings is 1. The van der Waals surface area contributed by atoms with Crippen molar-refractivity contribution in [3.05, 3.63) is 24.1 Å². The quantitative estimate of drug-likeness (QED) is 0.818. The van der Waals surface area contributed by atoms with E-state index in [0.29, 0.717) is 13.1 Å². The molecular weight excluding hydrogens is 209 g/mol. The third kappa shape index (κ3) is 3.18. The molecule has 1 aromatic heterocycles. The van der Waals surface area contributed by atoms with Crippen molar-refractivity contribution in [2.24, 2.45) is 0 Å². The lowest BCUT2D eigenvalue weighted by Crippen LogP contribution is -2.37. The molecule has 5 heteroatoms. The highest BCUT2D eigenvalue weighted by atomic mass is 19.1. The van der Waals surface area contributed by atoms with E-state index in [1.54, 1.807) is 4.90 Å². The van der Waals surface area contributed by atoms with Gasteiger partial charge < -0.3 is 10.2 Å². The van der Waals surface area contributed by atoms with Crippen LogP contribution < -0.4 is 10.2 Å². The molecule has 0 aliphatic carbocycles. The number of hydrogen-bond donors (Lipinski definition) is 1. The number of anilines is 1. The molecule has 0 aliphatic rings. The molecule has 1 N–H and O–H groups in total. The average molecular weight is 225 g/mol. The highest BCUT2D eigenvalue weighted by Crippen LogP contribution is 2.14. The van der Waals surface area contributed by atoms with Crippen molar-refractivity contribution in [3.63, 3.8) is 0 Å². The van der Waals surface area contributed by atoms with Gasteiger partial charge in [0.1, 0.15) is 0 Å². The van der Waals surface area contributed by atoms with Gasteiger partial charge in [0.2, 0.25) is 5.91 Å². The van der Waals surface area contributed by atoms with E-state index in [4.69, 9.17) is 0 Å². The van der Waals surface area contributed by atoms with Gasteiger partial charge in [0.05, 0.1) is 6.54 Å². The topological polar surface area (TPSA) is 45.2 Å². The SMILES string of the molecule is CCNC(=O)CN(CC)c1ncccc1F. The molecule has 16 heavy (non-hydrogen) atoms. The summed E-state index contributed by atoms with van der Waals surface area (Å²) in [6.45, 7) is 4.92. The highest BCUT2D eigenvalue weighted by Gasteiger charge is 2.13. The van der Waals surface area contributed by atoms with Gasteiger partial charge in [0, 0.05) is 19.3 Å². The van der Waals surface area contributed by atoms with E-state index in [1.807, 2.05) is 13.8 Å². The molecule has 1 aromatic rings. The second-order valence-corrected chi connectivity index (χ2v) is 3.28. The molecule has 0 aliphatic heterocycles. The number of rotatable bonds is 5. The van der Waals surface area contributed by atoms with Crippen LogP contribution in [0, 0.1) is 5.82 Å². The highest BCUT2D eigenvalue weighted by molar-refractivity contribution is 5.80. The van der Waals surface area contributed by atoms with E-state index in [-0.39, 0.29) is 18.3 Å². The zero-order chi connectivity index (χ0) is 12.0. The summed E-state index contributed by atoms with van der Waals surface area (Å²) in [6, 6.07) is 2.86. The molecule has 0 spiro atoms. The monoisotopic (exact) mass is 225 g/mol. The smallest absolute Gasteiger partial charge is 0.239 e. The second-order valence-electron chi connectivity index (χ2n) is 3.28. The predicted octanol–water partition coefficient (Wildman–Crippen LogP) is 1.18. The maximum Gasteiger partial charge on any atom is 0.239 e. The van der Waals surface area contributed by atoms with Gasteiger partial charge in [-0.15, -0.1) is 0 Å². The first-order valence-corrected chi connectivity index (χ1v) is 5.31. The van der Waals surface area contributed by atoms with Gasteiger partial charge in [-0.2, -0.15) is 0 Å². The van der Waals surface area contributed by atoms with E-state index in [2.05, 4.69) is 10.3 Å². The van der Waals surface area contributed by atoms with Crippen molar-refractivity contribution in [2.75, 3.05) is 24.5 Å². The Bertz CT molecular complexity index is 357. The molecule has 0 saturated carbocycles. The maximum absolute atomic E-state index is 13.4. The Morgan fingerprint density at radius 1 is 1.56 bits per heavy atom. The van der Waals surface area contributed by atoms with Crippen LogP contribution in [0.1, 0.15) is 13.8 Å². The molecule has 1 rings (SSSR count). The van der Waals surface area contributed by atoms with Crippen molar-refractivity contribution >= 4 is 11.7 Å². The minimum absolute atomic E-state index is 0.123. The van der Waals surface area contributed by atoms with Gasteiger partial charge in [-0.25, -0.2) is 9.37 Å². The van der Waals surface area contributed by atoms with Gasteiger partial charge in [-0.3, -0.25) is 4.79 Å². The lowest BCUT2D eigenvalue weighted by atomic mass is 10.3. The molecule has 0 bridgehead atoms. The zero-order valence-corrected chi connectivity index (χ0v) is 9.53. The van der Waals surface area contributed by atoms with E-state index >= 15 is 0 Å². The van der Waals surface area contributed by atoms with Gasteiger partial charge in [0.25, 0.3) is 0 Å². The van der Waals surface area contributed by atoms with Crippen LogP contribution in [-0.4, -0.2) is 30.5 Å². The number of amides is 1. The number of likely N-dealkylation sites (N-methyl/N-ethyl adjacent to an activating group) is 2. The Kier molecular flexibility index (Phi) is 4.69. The number of hydrogen-bond acceptors (Lipinski definition) is 3. The van der Waals surface area contributed by atoms with Gasteiger partial charge in [-0.1, -0.05) is 0 Å². The summed E-state index contributed by atoms with van der Waals surface area (Å²) >= 11 is 0. The van der Waals surface area contributed by atoms with Crippen molar-refractivity contribution < 1.29 is 9.18 Å². The predicted molar refractivity (Wildman–Crippen MR) is 60.8 cm³/mol. The summed E-state index contributed by atoms with van der Waals surface area (Å²) in [6.07, 6.45) is 1.51. The lowest BCUT2D eigenvalue weighted by Gasteiger charge is -2.21. The summed E-state index contributed by atoms with van der Waals surface area (Å²) < 4.78 is 13.4. The second kappa shape index (κ2) is 6.05. The largest absolute Gasteiger partial charge is 0.355 e. The lowest BCUT2D eigenvalue weighted by molar-refractivity contribution is -0.119. The van der Waals surface area contributed by atoms with E-state index < -0.39 is 5.82 Å². The van der Waals surface area contributed by atoms with Crippen molar-refractivity contribution in [3.8, 4) is 0 Å². The molecule has 4 nitrogen and oxygen atoms in total. The molecule has 0 saturated heterocycles. The Morgan fingerprint density at radius 2 is 2.31 bits per heavy atom. The molecule has 0 atom stereocenters. The number of carbonyl (C=O) groups is 1. The van der Waals surface area contributed by atoms with Crippen molar-refractivity contribution in [1.82, 2.24) is 10.3 Å². The summed E-state index contributed by atoms with van der Waals surface area (Å²) in [5.74, 6) is -0.320. The maximum atomic E-state index is 13.4. The number of halogens is 1. The summed E-state index contributed by atoms with van der Waals surface area (Å²) in [5.41, 5.74) is 0. The minimum Gasteiger partial charge on any atom is -0.355 e. The fourth-order valence-electron chi connectivity index (χ4n) is 1.37. The number of aromatic nitrogens is 1. The molecule has 0 unspecified atom stereocenters. The third-order valence-electron chi connectivity index (χ3n) is 2.13. The molecule has 1 heterocycles. The van der Waals surface area contributed by atoms with Crippen LogP contribution in [0.5, 0.6) is 0 Å². The number of carbonyl (C=O) groups excluding carboxylic acids is 1. The van der Waals surface area contributed by atoms with Gasteiger partial charge in [0.15, 0.2) is 11.6 Å². The minimum atomic E-state index is -0.409. The van der Waals surface area contributed by atoms with Gasteiger partial charge >= 0.3 is 0 Å². The molecule has 1 amide bonds. The fraction of sp³-hybridized carbons (Fsp3) is 0.455. The van der Waals surface area contributed by atoms with E-state index in [0.717, 1.165) is 0 Å². The first-order chi connectivity index (χ1) is 7.69. The van der Waals surface area contributed by atoms with Crippen LogP contribution in [0.15, 0.2) is 18.3 Å². The van der Waals surface area contributed by atoms with Gasteiger partial charge in [-0.05, 0) is 26.0 Å². The Balaban J connectivity index is 2.75. The molecule has 0 fully saturated rings. The average Bonchev–Trinajstić information content (AvgIpc) is 2.27. The van der Waals surface area contributed by atoms with Crippen LogP contribution in [0.25, 0.3) is 0 Å². The number of nitrogens with zero attached hydrogens (tertiary/aromatic N) is 2. The Morgan fingerprint density at radius 3 is 2.88 bits per heavy atom. The van der Waals surface area contributed by atoms with Crippen molar-refractivity contribution in [2.45, 2.75) is 13.8 Å². The van der Waals surface area contributed by atoms with Crippen LogP contribution in [0.2, 0.25) is 0 Å². The van der Waals surface area contributed by atoms with E-state index in [1.165, 1.54) is 18.3 Å². The Hall–Kier alpha value is -1.65. The molecule has 88 valence electrons. The fourth-order valence-corrected chi connectivity index (χ4v) is 1.37. The van der Waals surface area contributed by atoms with Crippen LogP contribution in [0.4, 0.5) is 10.2 Å². The molecular formula is C11H16FN3O. The summed E-state index contributed by atoms with van der Waals surface area (Å²) in [7, 11) is 0. The zero-order valence-electron chi connectivity index (χ0n) is 9.53. The standard InChI is InChI=1S/C11H16FN3O/c1-3-13-10(16)8-15(4-2)11-9(12)6-5-7-14-11/h5-7H,3-4,8H2,1-2H3,(H,13,16). The third-order valence-corrected chi connectivity index (χ3v) is 2.13. The van der Waals surface area contributed by atoms with Crippen LogP contribution in [0.3, 0.4) is 0 Å². The summed E-state index contributed by atoms with van der Waals surface area (Å²) in [4.78, 5) is 16.9. The van der Waals surface area contributed by atoms with Crippen molar-refractivity contribution in [1.29, 1.82) is 0 Å². The molecule has 0 aromatic carbocycles. The molecule has 0 radical (unpaired) electrons. The Labute approximate surface area is 94.5 Å². The van der Waals surface area contributed by atoms with Crippen LogP contribution in [-0.2, 0) is 4.79 Å². The normalized spacial score (nSPS) is 9.94. The number of nitrogens with one attached hydrogen (secondary N) is 1.